The van der Waals surface area contributed by atoms with E-state index < -0.39 is 5.41 Å². The molecule has 0 saturated carbocycles. The predicted octanol–water partition coefficient (Wildman–Crippen LogP) is 0.729. The van der Waals surface area contributed by atoms with Gasteiger partial charge in [0, 0.05) is 24.5 Å². The Balaban J connectivity index is 4.58. The molecule has 0 aromatic carbocycles. The van der Waals surface area contributed by atoms with E-state index in [9.17, 15) is 9.59 Å². The Morgan fingerprint density at radius 2 is 1.68 bits per heavy atom. The van der Waals surface area contributed by atoms with Crippen LogP contribution < -0.4 is 5.73 Å². The van der Waals surface area contributed by atoms with E-state index in [1.54, 1.807) is 4.90 Å². The first kappa shape index (κ1) is 18.1. The SMILES string of the molecule is CC(C)N(C)CCN(CC(=O)C(C)(C)C)C(=O)CN. The molecule has 0 spiro atoms. The van der Waals surface area contributed by atoms with Gasteiger partial charge in [0.25, 0.3) is 0 Å². The van der Waals surface area contributed by atoms with E-state index in [1.807, 2.05) is 27.8 Å². The van der Waals surface area contributed by atoms with Crippen LogP contribution in [0.1, 0.15) is 34.6 Å². The topological polar surface area (TPSA) is 66.6 Å². The van der Waals surface area contributed by atoms with Crippen molar-refractivity contribution >= 4 is 11.7 Å². The summed E-state index contributed by atoms with van der Waals surface area (Å²) in [4.78, 5) is 27.5. The van der Waals surface area contributed by atoms with E-state index in [1.165, 1.54) is 0 Å². The monoisotopic (exact) mass is 271 g/mol. The molecule has 0 saturated heterocycles. The van der Waals surface area contributed by atoms with Crippen LogP contribution in [0.3, 0.4) is 0 Å². The number of hydrogen-bond donors (Lipinski definition) is 1. The highest BCUT2D eigenvalue weighted by Crippen LogP contribution is 2.15. The van der Waals surface area contributed by atoms with Gasteiger partial charge >= 0.3 is 0 Å². The first-order valence-corrected chi connectivity index (χ1v) is 6.81. The molecule has 0 fully saturated rings. The minimum Gasteiger partial charge on any atom is -0.333 e. The van der Waals surface area contributed by atoms with E-state index in [-0.39, 0.29) is 24.8 Å². The summed E-state index contributed by atoms with van der Waals surface area (Å²) in [7, 11) is 2.00. The molecule has 112 valence electrons. The lowest BCUT2D eigenvalue weighted by Gasteiger charge is -2.29. The molecule has 0 aliphatic heterocycles. The summed E-state index contributed by atoms with van der Waals surface area (Å²) in [6.45, 7) is 11.1. The van der Waals surface area contributed by atoms with Crippen molar-refractivity contribution in [1.82, 2.24) is 9.80 Å². The van der Waals surface area contributed by atoms with Gasteiger partial charge < -0.3 is 15.5 Å². The van der Waals surface area contributed by atoms with E-state index in [2.05, 4.69) is 18.7 Å². The Kier molecular flexibility index (Phi) is 7.23. The molecule has 0 heterocycles. The zero-order valence-electron chi connectivity index (χ0n) is 13.2. The van der Waals surface area contributed by atoms with Crippen molar-refractivity contribution in [3.05, 3.63) is 0 Å². The van der Waals surface area contributed by atoms with Crippen LogP contribution >= 0.6 is 0 Å². The molecule has 0 aliphatic rings. The summed E-state index contributed by atoms with van der Waals surface area (Å²) < 4.78 is 0. The van der Waals surface area contributed by atoms with Gasteiger partial charge in [-0.1, -0.05) is 20.8 Å². The first-order valence-electron chi connectivity index (χ1n) is 6.81. The number of hydrogen-bond acceptors (Lipinski definition) is 4. The number of carbonyl (C=O) groups excluding carboxylic acids is 2. The van der Waals surface area contributed by atoms with Crippen molar-refractivity contribution in [2.45, 2.75) is 40.7 Å². The quantitative estimate of drug-likeness (QED) is 0.741. The number of nitrogens with zero attached hydrogens (tertiary/aromatic N) is 2. The highest BCUT2D eigenvalue weighted by atomic mass is 16.2. The van der Waals surface area contributed by atoms with Crippen LogP contribution in [0.15, 0.2) is 0 Å². The standard InChI is InChI=1S/C14H29N3O2/c1-11(2)16(6)7-8-17(13(19)9-15)10-12(18)14(3,4)5/h11H,7-10,15H2,1-6H3. The number of amides is 1. The second kappa shape index (κ2) is 7.60. The van der Waals surface area contributed by atoms with Gasteiger partial charge in [-0.3, -0.25) is 9.59 Å². The number of nitrogens with two attached hydrogens (primary N) is 1. The summed E-state index contributed by atoms with van der Waals surface area (Å²) in [5.74, 6) is -0.115. The Morgan fingerprint density at radius 1 is 1.16 bits per heavy atom. The third-order valence-electron chi connectivity index (χ3n) is 3.30. The largest absolute Gasteiger partial charge is 0.333 e. The molecule has 5 heteroatoms. The molecule has 0 aromatic rings. The molecule has 5 nitrogen and oxygen atoms in total. The summed E-state index contributed by atoms with van der Waals surface area (Å²) >= 11 is 0. The van der Waals surface area contributed by atoms with Crippen LogP contribution in [-0.2, 0) is 9.59 Å². The van der Waals surface area contributed by atoms with Gasteiger partial charge in [0.15, 0.2) is 5.78 Å². The summed E-state index contributed by atoms with van der Waals surface area (Å²) in [5, 5.41) is 0. The Bertz CT molecular complexity index is 308. The smallest absolute Gasteiger partial charge is 0.236 e. The molecule has 0 aliphatic carbocycles. The number of rotatable bonds is 7. The average molecular weight is 271 g/mol. The Hall–Kier alpha value is -0.940. The van der Waals surface area contributed by atoms with E-state index >= 15 is 0 Å². The minimum absolute atomic E-state index is 0.0528. The molecule has 0 bridgehead atoms. The van der Waals surface area contributed by atoms with Gasteiger partial charge in [-0.25, -0.2) is 0 Å². The van der Waals surface area contributed by atoms with Crippen molar-refractivity contribution in [3.8, 4) is 0 Å². The maximum Gasteiger partial charge on any atom is 0.236 e. The molecular weight excluding hydrogens is 242 g/mol. The van der Waals surface area contributed by atoms with E-state index in [4.69, 9.17) is 5.73 Å². The van der Waals surface area contributed by atoms with Crippen molar-refractivity contribution < 1.29 is 9.59 Å². The zero-order chi connectivity index (χ0) is 15.2. The first-order chi connectivity index (χ1) is 8.59. The van der Waals surface area contributed by atoms with Gasteiger partial charge in [-0.2, -0.15) is 0 Å². The lowest BCUT2D eigenvalue weighted by molar-refractivity contribution is -0.137. The van der Waals surface area contributed by atoms with Crippen LogP contribution in [-0.4, -0.2) is 60.8 Å². The highest BCUT2D eigenvalue weighted by molar-refractivity contribution is 5.89. The fraction of sp³-hybridized carbons (Fsp3) is 0.857. The van der Waals surface area contributed by atoms with Crippen molar-refractivity contribution in [2.24, 2.45) is 11.1 Å². The molecule has 19 heavy (non-hydrogen) atoms. The van der Waals surface area contributed by atoms with Crippen LogP contribution in [0.4, 0.5) is 0 Å². The van der Waals surface area contributed by atoms with Crippen LogP contribution in [0.2, 0.25) is 0 Å². The Morgan fingerprint density at radius 3 is 2.05 bits per heavy atom. The van der Waals surface area contributed by atoms with Gasteiger partial charge in [-0.05, 0) is 20.9 Å². The highest BCUT2D eigenvalue weighted by Gasteiger charge is 2.25. The maximum atomic E-state index is 12.0. The number of Topliss-reactive ketones (excluding diaryl/α,β-unsaturated/α-hetero) is 1. The number of ketones is 1. The van der Waals surface area contributed by atoms with Gasteiger partial charge in [0.05, 0.1) is 13.1 Å². The van der Waals surface area contributed by atoms with Gasteiger partial charge in [0.2, 0.25) is 5.91 Å². The fourth-order valence-corrected chi connectivity index (χ4v) is 1.37. The molecule has 0 aromatic heterocycles. The maximum absolute atomic E-state index is 12.0. The zero-order valence-corrected chi connectivity index (χ0v) is 13.2. The fourth-order valence-electron chi connectivity index (χ4n) is 1.37. The van der Waals surface area contributed by atoms with Crippen molar-refractivity contribution in [3.63, 3.8) is 0 Å². The lowest BCUT2D eigenvalue weighted by atomic mass is 9.90. The van der Waals surface area contributed by atoms with Gasteiger partial charge in [-0.15, -0.1) is 0 Å². The molecule has 0 atom stereocenters. The minimum atomic E-state index is -0.433. The summed E-state index contributed by atoms with van der Waals surface area (Å²) in [6.07, 6.45) is 0. The lowest BCUT2D eigenvalue weighted by Crippen LogP contribution is -2.46. The second-order valence-corrected chi connectivity index (χ2v) is 6.27. The predicted molar refractivity (Wildman–Crippen MR) is 77.9 cm³/mol. The summed E-state index contributed by atoms with van der Waals surface area (Å²) in [5.41, 5.74) is 4.97. The molecule has 0 radical (unpaired) electrons. The van der Waals surface area contributed by atoms with E-state index in [0.717, 1.165) is 6.54 Å². The molecule has 0 rings (SSSR count). The molecule has 0 unspecified atom stereocenters. The average Bonchev–Trinajstić information content (AvgIpc) is 2.31. The van der Waals surface area contributed by atoms with Gasteiger partial charge in [0.1, 0.15) is 0 Å². The van der Waals surface area contributed by atoms with Crippen LogP contribution in [0, 0.1) is 5.41 Å². The summed E-state index contributed by atoms with van der Waals surface area (Å²) in [6, 6.07) is 0.410. The molecule has 1 amide bonds. The van der Waals surface area contributed by atoms with E-state index in [0.29, 0.717) is 12.6 Å². The third-order valence-corrected chi connectivity index (χ3v) is 3.30. The number of carbonyl (C=O) groups is 2. The Labute approximate surface area is 117 Å². The van der Waals surface area contributed by atoms with Crippen molar-refractivity contribution in [1.29, 1.82) is 0 Å². The van der Waals surface area contributed by atoms with Crippen LogP contribution in [0.5, 0.6) is 0 Å². The normalized spacial score (nSPS) is 12.1. The number of likely N-dealkylation sites (N-methyl/N-ethyl adjacent to an activating group) is 1. The molecular formula is C14H29N3O2. The van der Waals surface area contributed by atoms with Crippen molar-refractivity contribution in [2.75, 3.05) is 33.2 Å². The second-order valence-electron chi connectivity index (χ2n) is 6.27. The third kappa shape index (κ3) is 6.68. The van der Waals surface area contributed by atoms with Crippen LogP contribution in [0.25, 0.3) is 0 Å². The molecule has 2 N–H and O–H groups in total.